The second-order valence-electron chi connectivity index (χ2n) is 5.82. The third-order valence-corrected chi connectivity index (χ3v) is 6.56. The van der Waals surface area contributed by atoms with Crippen molar-refractivity contribution in [1.29, 1.82) is 0 Å². The summed E-state index contributed by atoms with van der Waals surface area (Å²) in [4.78, 5) is 20.1. The van der Waals surface area contributed by atoms with Crippen LogP contribution in [0.2, 0.25) is 5.02 Å². The van der Waals surface area contributed by atoms with Gasteiger partial charge in [-0.1, -0.05) is 65.0 Å². The van der Waals surface area contributed by atoms with Crippen molar-refractivity contribution < 1.29 is 4.74 Å². The summed E-state index contributed by atoms with van der Waals surface area (Å²) >= 11 is 14.4. The minimum Gasteiger partial charge on any atom is -0.495 e. The van der Waals surface area contributed by atoms with Crippen LogP contribution in [0.1, 0.15) is 5.56 Å². The molecule has 0 radical (unpaired) electrons. The number of hydrogen-bond acceptors (Lipinski definition) is 6. The number of thiazole rings is 1. The van der Waals surface area contributed by atoms with E-state index in [0.717, 1.165) is 5.56 Å². The van der Waals surface area contributed by atoms with Gasteiger partial charge in [-0.3, -0.25) is 9.36 Å². The van der Waals surface area contributed by atoms with E-state index in [0.29, 0.717) is 41.7 Å². The Hall–Kier alpha value is -2.13. The topological polar surface area (TPSA) is 59.9 Å². The van der Waals surface area contributed by atoms with Gasteiger partial charge in [0.1, 0.15) is 10.4 Å². The standard InChI is InChI=1S/C19H14ClN3O2S3/c1-25-14-8-7-12(20)9-13(14)23-16-15(28-19(23)26)17(24)22-18(21-16)27-10-11-5-3-2-4-6-11/h2-9H,10H2,1H3,(H,21,22,24). The van der Waals surface area contributed by atoms with Gasteiger partial charge in [-0.2, -0.15) is 0 Å². The normalized spacial score (nSPS) is 11.1. The summed E-state index contributed by atoms with van der Waals surface area (Å²) in [6, 6.07) is 15.3. The number of nitrogens with zero attached hydrogens (tertiary/aromatic N) is 2. The number of nitrogens with one attached hydrogen (secondary N) is 1. The van der Waals surface area contributed by atoms with E-state index >= 15 is 0 Å². The lowest BCUT2D eigenvalue weighted by Gasteiger charge is -2.11. The number of hydrogen-bond donors (Lipinski definition) is 1. The average molecular weight is 448 g/mol. The fraction of sp³-hybridized carbons (Fsp3) is 0.105. The Morgan fingerprint density at radius 2 is 2.07 bits per heavy atom. The van der Waals surface area contributed by atoms with E-state index in [9.17, 15) is 4.79 Å². The number of ether oxygens (including phenoxy) is 1. The van der Waals surface area contributed by atoms with Crippen molar-refractivity contribution in [3.63, 3.8) is 0 Å². The molecule has 5 nitrogen and oxygen atoms in total. The fourth-order valence-electron chi connectivity index (χ4n) is 2.74. The van der Waals surface area contributed by atoms with Crippen molar-refractivity contribution in [2.45, 2.75) is 10.9 Å². The number of aromatic nitrogens is 3. The van der Waals surface area contributed by atoms with Gasteiger partial charge in [0, 0.05) is 10.8 Å². The SMILES string of the molecule is COc1ccc(Cl)cc1-n1c(=S)sc2c(=O)[nH]c(SCc3ccccc3)nc21. The molecule has 0 amide bonds. The van der Waals surface area contributed by atoms with Gasteiger partial charge in [-0.25, -0.2) is 4.98 Å². The Labute approximate surface area is 179 Å². The molecule has 0 aliphatic heterocycles. The van der Waals surface area contributed by atoms with Gasteiger partial charge >= 0.3 is 0 Å². The van der Waals surface area contributed by atoms with Crippen LogP contribution in [0.5, 0.6) is 5.75 Å². The molecular formula is C19H14ClN3O2S3. The van der Waals surface area contributed by atoms with Crippen LogP contribution in [0.15, 0.2) is 58.5 Å². The van der Waals surface area contributed by atoms with Gasteiger partial charge in [-0.15, -0.1) is 0 Å². The van der Waals surface area contributed by atoms with Crippen molar-refractivity contribution in [3.05, 3.63) is 73.4 Å². The lowest BCUT2D eigenvalue weighted by molar-refractivity contribution is 0.413. The molecule has 2 heterocycles. The molecule has 0 fully saturated rings. The first kappa shape index (κ1) is 19.2. The maximum absolute atomic E-state index is 12.6. The van der Waals surface area contributed by atoms with E-state index in [4.69, 9.17) is 28.6 Å². The lowest BCUT2D eigenvalue weighted by atomic mass is 10.2. The summed E-state index contributed by atoms with van der Waals surface area (Å²) in [5, 5.41) is 1.07. The van der Waals surface area contributed by atoms with Crippen molar-refractivity contribution in [1.82, 2.24) is 14.5 Å². The summed E-state index contributed by atoms with van der Waals surface area (Å²) in [7, 11) is 1.58. The molecule has 4 aromatic rings. The molecule has 0 saturated carbocycles. The van der Waals surface area contributed by atoms with Crippen molar-refractivity contribution >= 4 is 57.3 Å². The van der Waals surface area contributed by atoms with Gasteiger partial charge in [0.15, 0.2) is 14.8 Å². The zero-order valence-electron chi connectivity index (χ0n) is 14.6. The van der Waals surface area contributed by atoms with Crippen LogP contribution in [0.3, 0.4) is 0 Å². The summed E-state index contributed by atoms with van der Waals surface area (Å²) in [5.41, 5.74) is 2.09. The second kappa shape index (κ2) is 8.08. The van der Waals surface area contributed by atoms with E-state index in [1.54, 1.807) is 29.9 Å². The molecule has 28 heavy (non-hydrogen) atoms. The molecule has 1 N–H and O–H groups in total. The van der Waals surface area contributed by atoms with E-state index in [2.05, 4.69) is 9.97 Å². The molecule has 4 rings (SSSR count). The predicted molar refractivity (Wildman–Crippen MR) is 118 cm³/mol. The van der Waals surface area contributed by atoms with Crippen molar-refractivity contribution in [2.24, 2.45) is 0 Å². The highest BCUT2D eigenvalue weighted by Crippen LogP contribution is 2.32. The lowest BCUT2D eigenvalue weighted by Crippen LogP contribution is -2.09. The molecule has 0 unspecified atom stereocenters. The van der Waals surface area contributed by atoms with Gasteiger partial charge in [0.2, 0.25) is 0 Å². The Morgan fingerprint density at radius 1 is 1.29 bits per heavy atom. The molecule has 0 saturated heterocycles. The number of thioether (sulfide) groups is 1. The molecular weight excluding hydrogens is 434 g/mol. The number of H-pyrrole nitrogens is 1. The monoisotopic (exact) mass is 447 g/mol. The highest BCUT2D eigenvalue weighted by molar-refractivity contribution is 7.98. The molecule has 0 aliphatic carbocycles. The Morgan fingerprint density at radius 3 is 2.82 bits per heavy atom. The van der Waals surface area contributed by atoms with Crippen LogP contribution >= 0.6 is 46.9 Å². The van der Waals surface area contributed by atoms with Crippen LogP contribution in [0.25, 0.3) is 16.0 Å². The fourth-order valence-corrected chi connectivity index (χ4v) is 4.97. The summed E-state index contributed by atoms with van der Waals surface area (Å²) in [6.45, 7) is 0. The first-order valence-electron chi connectivity index (χ1n) is 8.23. The average Bonchev–Trinajstić information content (AvgIpc) is 3.03. The number of aromatic amines is 1. The molecule has 0 aliphatic rings. The number of fused-ring (bicyclic) bond motifs is 1. The Kier molecular flexibility index (Phi) is 5.54. The number of rotatable bonds is 5. The zero-order chi connectivity index (χ0) is 19.7. The number of methoxy groups -OCH3 is 1. The third kappa shape index (κ3) is 3.73. The smallest absolute Gasteiger partial charge is 0.271 e. The molecule has 9 heteroatoms. The van der Waals surface area contributed by atoms with Crippen LogP contribution in [-0.2, 0) is 5.75 Å². The van der Waals surface area contributed by atoms with E-state index in [1.807, 2.05) is 30.3 Å². The Bertz CT molecular complexity index is 1270. The van der Waals surface area contributed by atoms with Crippen LogP contribution in [-0.4, -0.2) is 21.6 Å². The number of benzene rings is 2. The molecule has 142 valence electrons. The van der Waals surface area contributed by atoms with Crippen LogP contribution in [0.4, 0.5) is 0 Å². The minimum atomic E-state index is -0.212. The number of halogens is 1. The minimum absolute atomic E-state index is 0.212. The Balaban J connectivity index is 1.83. The van der Waals surface area contributed by atoms with E-state index in [1.165, 1.54) is 23.1 Å². The predicted octanol–water partition coefficient (Wildman–Crippen LogP) is 5.46. The molecule has 0 spiro atoms. The quantitative estimate of drug-likeness (QED) is 0.250. The van der Waals surface area contributed by atoms with Gasteiger partial charge in [0.25, 0.3) is 5.56 Å². The van der Waals surface area contributed by atoms with E-state index < -0.39 is 0 Å². The van der Waals surface area contributed by atoms with Gasteiger partial charge in [-0.05, 0) is 36.0 Å². The third-order valence-electron chi connectivity index (χ3n) is 4.02. The first-order valence-corrected chi connectivity index (χ1v) is 10.8. The largest absolute Gasteiger partial charge is 0.495 e. The highest BCUT2D eigenvalue weighted by atomic mass is 35.5. The summed E-state index contributed by atoms with van der Waals surface area (Å²) in [5.74, 6) is 1.29. The van der Waals surface area contributed by atoms with Gasteiger partial charge in [0.05, 0.1) is 12.8 Å². The molecule has 0 atom stereocenters. The van der Waals surface area contributed by atoms with Gasteiger partial charge < -0.3 is 9.72 Å². The molecule has 2 aromatic carbocycles. The summed E-state index contributed by atoms with van der Waals surface area (Å²) in [6.07, 6.45) is 0. The van der Waals surface area contributed by atoms with Crippen molar-refractivity contribution in [3.8, 4) is 11.4 Å². The maximum atomic E-state index is 12.6. The van der Waals surface area contributed by atoms with Crippen LogP contribution < -0.4 is 10.3 Å². The van der Waals surface area contributed by atoms with Crippen molar-refractivity contribution in [2.75, 3.05) is 7.11 Å². The highest BCUT2D eigenvalue weighted by Gasteiger charge is 2.17. The van der Waals surface area contributed by atoms with E-state index in [-0.39, 0.29) is 5.56 Å². The maximum Gasteiger partial charge on any atom is 0.271 e. The zero-order valence-corrected chi connectivity index (χ0v) is 17.8. The second-order valence-corrected chi connectivity index (χ2v) is 8.86. The van der Waals surface area contributed by atoms with Crippen LogP contribution in [0, 0.1) is 3.95 Å². The first-order chi connectivity index (χ1) is 13.6. The molecule has 0 bridgehead atoms. The summed E-state index contributed by atoms with van der Waals surface area (Å²) < 4.78 is 8.16. The molecule has 2 aromatic heterocycles.